The van der Waals surface area contributed by atoms with Crippen LogP contribution < -0.4 is 5.32 Å². The Bertz CT molecular complexity index is 659. The first-order valence-electron chi connectivity index (χ1n) is 7.92. The molecule has 0 aliphatic heterocycles. The number of carbonyl (C=O) groups excluding carboxylic acids is 1. The number of thioether (sulfide) groups is 2. The molecule has 0 bridgehead atoms. The largest absolute Gasteiger partial charge is 0.351 e. The van der Waals surface area contributed by atoms with Gasteiger partial charge in [-0.2, -0.15) is 11.8 Å². The maximum atomic E-state index is 12.4. The van der Waals surface area contributed by atoms with Gasteiger partial charge in [0.05, 0.1) is 5.56 Å². The van der Waals surface area contributed by atoms with E-state index in [1.807, 2.05) is 48.5 Å². The molecule has 24 heavy (non-hydrogen) atoms. The fraction of sp³-hybridized carbons (Fsp3) is 0.316. The van der Waals surface area contributed by atoms with E-state index in [1.54, 1.807) is 23.5 Å². The summed E-state index contributed by atoms with van der Waals surface area (Å²) in [5, 5.41) is 4.22. The van der Waals surface area contributed by atoms with Crippen LogP contribution >= 0.6 is 35.1 Å². The van der Waals surface area contributed by atoms with Crippen LogP contribution in [-0.4, -0.2) is 23.5 Å². The minimum atomic E-state index is 0.00541. The average Bonchev–Trinajstić information content (AvgIpc) is 2.56. The van der Waals surface area contributed by atoms with E-state index in [1.165, 1.54) is 5.56 Å². The SMILES string of the molecule is CC(C)Sc1ccccc1C(=O)NCCSCc1ccc(Cl)cc1. The van der Waals surface area contributed by atoms with Crippen molar-refractivity contribution in [2.24, 2.45) is 0 Å². The highest BCUT2D eigenvalue weighted by molar-refractivity contribution is 8.00. The molecule has 2 aromatic rings. The molecule has 2 nitrogen and oxygen atoms in total. The van der Waals surface area contributed by atoms with E-state index in [0.29, 0.717) is 11.8 Å². The van der Waals surface area contributed by atoms with Crippen molar-refractivity contribution >= 4 is 41.0 Å². The number of carbonyl (C=O) groups is 1. The predicted octanol–water partition coefficient (Wildman–Crippen LogP) is 5.50. The van der Waals surface area contributed by atoms with E-state index in [2.05, 4.69) is 19.2 Å². The molecule has 128 valence electrons. The second kappa shape index (κ2) is 10.0. The molecule has 0 aliphatic carbocycles. The Morgan fingerprint density at radius 2 is 1.83 bits per heavy atom. The normalized spacial score (nSPS) is 10.8. The molecule has 0 aromatic heterocycles. The summed E-state index contributed by atoms with van der Waals surface area (Å²) in [6, 6.07) is 15.7. The van der Waals surface area contributed by atoms with E-state index in [9.17, 15) is 4.79 Å². The van der Waals surface area contributed by atoms with Crippen molar-refractivity contribution in [2.45, 2.75) is 29.7 Å². The summed E-state index contributed by atoms with van der Waals surface area (Å²) in [4.78, 5) is 13.4. The Morgan fingerprint density at radius 3 is 2.54 bits per heavy atom. The smallest absolute Gasteiger partial charge is 0.252 e. The van der Waals surface area contributed by atoms with E-state index in [0.717, 1.165) is 27.0 Å². The van der Waals surface area contributed by atoms with Crippen LogP contribution in [0.2, 0.25) is 5.02 Å². The lowest BCUT2D eigenvalue weighted by Crippen LogP contribution is -2.26. The summed E-state index contributed by atoms with van der Waals surface area (Å²) >= 11 is 9.40. The number of benzene rings is 2. The number of nitrogens with one attached hydrogen (secondary N) is 1. The van der Waals surface area contributed by atoms with Crippen LogP contribution in [0.1, 0.15) is 29.8 Å². The minimum Gasteiger partial charge on any atom is -0.351 e. The van der Waals surface area contributed by atoms with Crippen LogP contribution in [0.3, 0.4) is 0 Å². The monoisotopic (exact) mass is 379 g/mol. The predicted molar refractivity (Wildman–Crippen MR) is 107 cm³/mol. The molecule has 2 aromatic carbocycles. The third kappa shape index (κ3) is 6.42. The first-order chi connectivity index (χ1) is 11.6. The van der Waals surface area contributed by atoms with Crippen LogP contribution in [0.25, 0.3) is 0 Å². The summed E-state index contributed by atoms with van der Waals surface area (Å²) in [5.74, 6) is 1.81. The van der Waals surface area contributed by atoms with Crippen molar-refractivity contribution in [3.8, 4) is 0 Å². The number of hydrogen-bond acceptors (Lipinski definition) is 3. The summed E-state index contributed by atoms with van der Waals surface area (Å²) in [5.41, 5.74) is 2.01. The Kier molecular flexibility index (Phi) is 8.03. The Morgan fingerprint density at radius 1 is 1.12 bits per heavy atom. The third-order valence-corrected chi connectivity index (χ3v) is 5.57. The van der Waals surface area contributed by atoms with E-state index >= 15 is 0 Å². The lowest BCUT2D eigenvalue weighted by molar-refractivity contribution is 0.0953. The zero-order chi connectivity index (χ0) is 17.4. The van der Waals surface area contributed by atoms with E-state index in [-0.39, 0.29) is 5.91 Å². The first-order valence-corrected chi connectivity index (χ1v) is 10.3. The maximum Gasteiger partial charge on any atom is 0.252 e. The summed E-state index contributed by atoms with van der Waals surface area (Å²) in [7, 11) is 0. The molecule has 0 fully saturated rings. The van der Waals surface area contributed by atoms with E-state index in [4.69, 9.17) is 11.6 Å². The fourth-order valence-electron chi connectivity index (χ4n) is 2.11. The van der Waals surface area contributed by atoms with Gasteiger partial charge in [0.2, 0.25) is 0 Å². The molecule has 0 unspecified atom stereocenters. The topological polar surface area (TPSA) is 29.1 Å². The van der Waals surface area contributed by atoms with Gasteiger partial charge in [-0.05, 0) is 29.8 Å². The first kappa shape index (κ1) is 19.2. The van der Waals surface area contributed by atoms with Crippen molar-refractivity contribution in [3.63, 3.8) is 0 Å². The van der Waals surface area contributed by atoms with Crippen molar-refractivity contribution in [2.75, 3.05) is 12.3 Å². The molecule has 0 radical (unpaired) electrons. The number of rotatable bonds is 8. The lowest BCUT2D eigenvalue weighted by Gasteiger charge is -2.11. The Balaban J connectivity index is 1.76. The zero-order valence-corrected chi connectivity index (χ0v) is 16.3. The van der Waals surface area contributed by atoms with Crippen molar-refractivity contribution in [1.29, 1.82) is 0 Å². The summed E-state index contributed by atoms with van der Waals surface area (Å²) in [6.07, 6.45) is 0. The van der Waals surface area contributed by atoms with Crippen molar-refractivity contribution in [1.82, 2.24) is 5.32 Å². The summed E-state index contributed by atoms with van der Waals surface area (Å²) in [6.45, 7) is 4.93. The number of hydrogen-bond donors (Lipinski definition) is 1. The van der Waals surface area contributed by atoms with Gasteiger partial charge in [-0.1, -0.05) is 49.7 Å². The molecule has 1 N–H and O–H groups in total. The van der Waals surface area contributed by atoms with Crippen LogP contribution in [0, 0.1) is 0 Å². The Hall–Kier alpha value is -1.10. The molecule has 0 heterocycles. The molecule has 0 saturated heterocycles. The highest BCUT2D eigenvalue weighted by Crippen LogP contribution is 2.26. The van der Waals surface area contributed by atoms with Gasteiger partial charge in [0.1, 0.15) is 0 Å². The maximum absolute atomic E-state index is 12.4. The molecule has 0 aliphatic rings. The van der Waals surface area contributed by atoms with Gasteiger partial charge < -0.3 is 5.32 Å². The number of halogens is 1. The Labute approximate surface area is 157 Å². The van der Waals surface area contributed by atoms with Crippen molar-refractivity contribution < 1.29 is 4.79 Å². The fourth-order valence-corrected chi connectivity index (χ4v) is 4.01. The molecular weight excluding hydrogens is 358 g/mol. The van der Waals surface area contributed by atoms with Gasteiger partial charge in [-0.3, -0.25) is 4.79 Å². The lowest BCUT2D eigenvalue weighted by atomic mass is 10.2. The summed E-state index contributed by atoms with van der Waals surface area (Å²) < 4.78 is 0. The quantitative estimate of drug-likeness (QED) is 0.484. The van der Waals surface area contributed by atoms with Gasteiger partial charge in [-0.25, -0.2) is 0 Å². The number of amides is 1. The highest BCUT2D eigenvalue weighted by Gasteiger charge is 2.11. The second-order valence-corrected chi connectivity index (χ2v) is 8.76. The van der Waals surface area contributed by atoms with Crippen LogP contribution in [0.15, 0.2) is 53.4 Å². The van der Waals surface area contributed by atoms with Gasteiger partial charge >= 0.3 is 0 Å². The second-order valence-electron chi connectivity index (χ2n) is 5.60. The molecule has 5 heteroatoms. The zero-order valence-electron chi connectivity index (χ0n) is 13.9. The molecule has 1 amide bonds. The van der Waals surface area contributed by atoms with Gasteiger partial charge in [-0.15, -0.1) is 11.8 Å². The van der Waals surface area contributed by atoms with Gasteiger partial charge in [0.25, 0.3) is 5.91 Å². The molecule has 0 saturated carbocycles. The van der Waals surface area contributed by atoms with Gasteiger partial charge in [0, 0.05) is 33.2 Å². The molecule has 2 rings (SSSR count). The average molecular weight is 380 g/mol. The van der Waals surface area contributed by atoms with Crippen molar-refractivity contribution in [3.05, 3.63) is 64.7 Å². The van der Waals surface area contributed by atoms with E-state index < -0.39 is 0 Å². The molecular formula is C19H22ClNOS2. The standard InChI is InChI=1S/C19H22ClNOS2/c1-14(2)24-18-6-4-3-5-17(18)19(22)21-11-12-23-13-15-7-9-16(20)10-8-15/h3-10,14H,11-13H2,1-2H3,(H,21,22). The van der Waals surface area contributed by atoms with Crippen LogP contribution in [0.4, 0.5) is 0 Å². The van der Waals surface area contributed by atoms with Crippen LogP contribution in [-0.2, 0) is 5.75 Å². The molecule has 0 atom stereocenters. The highest BCUT2D eigenvalue weighted by atomic mass is 35.5. The minimum absolute atomic E-state index is 0.00541. The third-order valence-electron chi connectivity index (χ3n) is 3.21. The molecule has 0 spiro atoms. The van der Waals surface area contributed by atoms with Crippen LogP contribution in [0.5, 0.6) is 0 Å². The van der Waals surface area contributed by atoms with Gasteiger partial charge in [0.15, 0.2) is 0 Å².